The Morgan fingerprint density at radius 3 is 2.26 bits per heavy atom. The van der Waals surface area contributed by atoms with Gasteiger partial charge in [0.05, 0.1) is 5.39 Å². The summed E-state index contributed by atoms with van der Waals surface area (Å²) in [6.07, 6.45) is 0. The van der Waals surface area contributed by atoms with Gasteiger partial charge in [-0.3, -0.25) is 4.79 Å². The average molecular weight is 435 g/mol. The van der Waals surface area contributed by atoms with Gasteiger partial charge in [-0.05, 0) is 12.1 Å². The molecule has 1 radical (unpaired) electrons. The molecule has 99 valence electrons. The molecule has 0 aliphatic heterocycles. The van der Waals surface area contributed by atoms with Crippen LogP contribution in [-0.2, 0) is 22.4 Å². The van der Waals surface area contributed by atoms with E-state index in [2.05, 4.69) is 0 Å². The average Bonchev–Trinajstić information content (AvgIpc) is 2.44. The summed E-state index contributed by atoms with van der Waals surface area (Å²) in [5.41, 5.74) is 0.743. The van der Waals surface area contributed by atoms with E-state index >= 15 is 0 Å². The summed E-state index contributed by atoms with van der Waals surface area (Å²) >= 11 is 0. The molecule has 0 unspecified atom stereocenters. The Balaban J connectivity index is 0.00000133. The largest absolute Gasteiger partial charge is 0.502 e. The quantitative estimate of drug-likeness (QED) is 0.598. The topological polar surface area (TPSA) is 50.4 Å². The molecule has 0 fully saturated rings. The van der Waals surface area contributed by atoms with E-state index in [1.807, 2.05) is 18.2 Å². The first-order valence-electron chi connectivity index (χ1n) is 5.57. The van der Waals surface area contributed by atoms with E-state index in [-0.39, 0.29) is 33.9 Å². The molecule has 0 aliphatic carbocycles. The van der Waals surface area contributed by atoms with Crippen LogP contribution in [0.3, 0.4) is 0 Å². The monoisotopic (exact) mass is 435 g/mol. The molecule has 3 nitrogen and oxygen atoms in total. The van der Waals surface area contributed by atoms with Gasteiger partial charge in [0, 0.05) is 27.9 Å². The summed E-state index contributed by atoms with van der Waals surface area (Å²) in [7, 11) is 0. The van der Waals surface area contributed by atoms with Crippen molar-refractivity contribution in [1.82, 2.24) is 0 Å². The molecule has 0 amide bonds. The first-order chi connectivity index (χ1) is 8.77. The smallest absolute Gasteiger partial charge is 0.235 e. The number of aromatic hydroxyl groups is 1. The van der Waals surface area contributed by atoms with Gasteiger partial charge in [0.2, 0.25) is 11.2 Å². The number of benzene rings is 2. The SMILES string of the molecule is O=c1c(O)c(-c2ccccc2)oc2ccccc12.[Au]. The standard InChI is InChI=1S/C15H10O3.Au/c16-13-11-8-4-5-9-12(11)18-15(14(13)17)10-6-2-1-3-7-10;/h1-9,17H;. The molecule has 1 heterocycles. The minimum atomic E-state index is -0.407. The van der Waals surface area contributed by atoms with Gasteiger partial charge >= 0.3 is 0 Å². The maximum absolute atomic E-state index is 12.0. The van der Waals surface area contributed by atoms with Crippen molar-refractivity contribution >= 4 is 11.0 Å². The number of para-hydroxylation sites is 1. The van der Waals surface area contributed by atoms with Crippen LogP contribution in [0.5, 0.6) is 5.75 Å². The third-order valence-electron chi connectivity index (χ3n) is 2.81. The van der Waals surface area contributed by atoms with Crippen LogP contribution in [0.2, 0.25) is 0 Å². The molecule has 3 aromatic rings. The van der Waals surface area contributed by atoms with E-state index < -0.39 is 5.43 Å². The van der Waals surface area contributed by atoms with Gasteiger partial charge in [-0.1, -0.05) is 42.5 Å². The molecule has 0 saturated heterocycles. The van der Waals surface area contributed by atoms with Crippen LogP contribution in [0.15, 0.2) is 63.8 Å². The fourth-order valence-corrected chi connectivity index (χ4v) is 1.92. The van der Waals surface area contributed by atoms with Crippen molar-refractivity contribution in [3.05, 3.63) is 64.8 Å². The maximum atomic E-state index is 12.0. The van der Waals surface area contributed by atoms with Gasteiger partial charge in [0.1, 0.15) is 5.58 Å². The van der Waals surface area contributed by atoms with E-state index in [0.717, 1.165) is 0 Å². The van der Waals surface area contributed by atoms with Crippen LogP contribution >= 0.6 is 0 Å². The maximum Gasteiger partial charge on any atom is 0.235 e. The number of hydrogen-bond acceptors (Lipinski definition) is 3. The Morgan fingerprint density at radius 1 is 0.895 bits per heavy atom. The van der Waals surface area contributed by atoms with E-state index in [0.29, 0.717) is 16.5 Å². The Kier molecular flexibility index (Phi) is 3.90. The Hall–Kier alpha value is -1.81. The molecular weight excluding hydrogens is 425 g/mol. The van der Waals surface area contributed by atoms with Crippen molar-refractivity contribution in [2.75, 3.05) is 0 Å². The molecule has 0 aliphatic rings. The second kappa shape index (κ2) is 5.45. The minimum Gasteiger partial charge on any atom is -0.502 e. The number of rotatable bonds is 1. The van der Waals surface area contributed by atoms with Crippen LogP contribution < -0.4 is 5.43 Å². The van der Waals surface area contributed by atoms with Crippen LogP contribution in [0.4, 0.5) is 0 Å². The van der Waals surface area contributed by atoms with Crippen LogP contribution in [0.25, 0.3) is 22.3 Å². The molecule has 0 bridgehead atoms. The van der Waals surface area contributed by atoms with Crippen molar-refractivity contribution in [2.45, 2.75) is 0 Å². The zero-order valence-electron chi connectivity index (χ0n) is 9.76. The van der Waals surface area contributed by atoms with Gasteiger partial charge in [-0.15, -0.1) is 0 Å². The molecule has 19 heavy (non-hydrogen) atoms. The second-order valence-electron chi connectivity index (χ2n) is 3.97. The predicted molar refractivity (Wildman–Crippen MR) is 69.6 cm³/mol. The Morgan fingerprint density at radius 2 is 1.53 bits per heavy atom. The minimum absolute atomic E-state index is 0. The Bertz CT molecular complexity index is 763. The van der Waals surface area contributed by atoms with Crippen molar-refractivity contribution in [3.8, 4) is 17.1 Å². The van der Waals surface area contributed by atoms with E-state index in [4.69, 9.17) is 4.42 Å². The summed E-state index contributed by atoms with van der Waals surface area (Å²) < 4.78 is 5.61. The summed E-state index contributed by atoms with van der Waals surface area (Å²) in [4.78, 5) is 12.0. The summed E-state index contributed by atoms with van der Waals surface area (Å²) in [6, 6.07) is 15.9. The van der Waals surface area contributed by atoms with Crippen LogP contribution in [0, 0.1) is 0 Å². The van der Waals surface area contributed by atoms with E-state index in [1.165, 1.54) is 0 Å². The summed E-state index contributed by atoms with van der Waals surface area (Å²) in [5.74, 6) is -0.140. The molecule has 4 heteroatoms. The van der Waals surface area contributed by atoms with Crippen molar-refractivity contribution in [3.63, 3.8) is 0 Å². The van der Waals surface area contributed by atoms with E-state index in [9.17, 15) is 9.90 Å². The summed E-state index contributed by atoms with van der Waals surface area (Å²) in [5, 5.41) is 10.3. The van der Waals surface area contributed by atoms with Crippen molar-refractivity contribution < 1.29 is 31.9 Å². The molecular formula is C15H10AuO3. The fourth-order valence-electron chi connectivity index (χ4n) is 1.92. The zero-order chi connectivity index (χ0) is 12.5. The Labute approximate surface area is 125 Å². The third kappa shape index (κ3) is 2.36. The van der Waals surface area contributed by atoms with E-state index in [1.54, 1.807) is 36.4 Å². The first-order valence-corrected chi connectivity index (χ1v) is 5.57. The fraction of sp³-hybridized carbons (Fsp3) is 0. The van der Waals surface area contributed by atoms with Crippen LogP contribution in [-0.4, -0.2) is 5.11 Å². The number of hydrogen-bond donors (Lipinski definition) is 1. The molecule has 3 rings (SSSR count). The normalized spacial score (nSPS) is 10.1. The molecule has 1 N–H and O–H groups in total. The van der Waals surface area contributed by atoms with Crippen molar-refractivity contribution in [2.24, 2.45) is 0 Å². The molecule has 0 atom stereocenters. The number of fused-ring (bicyclic) bond motifs is 1. The first kappa shape index (κ1) is 13.6. The predicted octanol–water partition coefficient (Wildman–Crippen LogP) is 3.16. The molecule has 2 aromatic carbocycles. The van der Waals surface area contributed by atoms with Gasteiger partial charge in [0.25, 0.3) is 0 Å². The van der Waals surface area contributed by atoms with Crippen LogP contribution in [0.1, 0.15) is 0 Å². The van der Waals surface area contributed by atoms with Gasteiger partial charge < -0.3 is 9.52 Å². The van der Waals surface area contributed by atoms with Gasteiger partial charge in [0.15, 0.2) is 5.76 Å². The third-order valence-corrected chi connectivity index (χ3v) is 2.81. The molecule has 1 aromatic heterocycles. The van der Waals surface area contributed by atoms with Crippen molar-refractivity contribution in [1.29, 1.82) is 0 Å². The molecule has 0 spiro atoms. The zero-order valence-corrected chi connectivity index (χ0v) is 11.9. The van der Waals surface area contributed by atoms with Gasteiger partial charge in [-0.2, -0.15) is 0 Å². The second-order valence-corrected chi connectivity index (χ2v) is 3.97. The molecule has 0 saturated carbocycles. The summed E-state index contributed by atoms with van der Waals surface area (Å²) in [6.45, 7) is 0. The van der Waals surface area contributed by atoms with Gasteiger partial charge in [-0.25, -0.2) is 0 Å².